The molecule has 41 heavy (non-hydrogen) atoms. The maximum atomic E-state index is 13.1. The Labute approximate surface area is 232 Å². The van der Waals surface area contributed by atoms with Crippen LogP contribution in [0, 0.1) is 0 Å². The van der Waals surface area contributed by atoms with Gasteiger partial charge in [-0.2, -0.15) is 8.42 Å². The van der Waals surface area contributed by atoms with E-state index in [0.717, 1.165) is 0 Å². The second-order valence-corrected chi connectivity index (χ2v) is 10.9. The van der Waals surface area contributed by atoms with E-state index >= 15 is 0 Å². The van der Waals surface area contributed by atoms with Crippen LogP contribution < -0.4 is 4.74 Å². The Morgan fingerprint density at radius 3 is 2.27 bits per heavy atom. The van der Waals surface area contributed by atoms with Crippen LogP contribution >= 0.6 is 0 Å². The highest BCUT2D eigenvalue weighted by atomic mass is 32.2. The topological polar surface area (TPSA) is 155 Å². The average Bonchev–Trinajstić information content (AvgIpc) is 3.24. The van der Waals surface area contributed by atoms with Gasteiger partial charge in [0.05, 0.1) is 16.8 Å². The fourth-order valence-corrected chi connectivity index (χ4v) is 6.19. The first-order valence-corrected chi connectivity index (χ1v) is 13.7. The molecule has 3 N–H and O–H groups in total. The summed E-state index contributed by atoms with van der Waals surface area (Å²) in [4.78, 5) is 12.7. The number of phenols is 2. The van der Waals surface area contributed by atoms with Gasteiger partial charge in [0.2, 0.25) is 0 Å². The van der Waals surface area contributed by atoms with Crippen LogP contribution in [0.3, 0.4) is 0 Å². The van der Waals surface area contributed by atoms with E-state index in [4.69, 9.17) is 9.47 Å². The number of carbonyl (C=O) groups excluding carboxylic acids is 1. The van der Waals surface area contributed by atoms with Gasteiger partial charge in [0, 0.05) is 28.6 Å². The lowest BCUT2D eigenvalue weighted by Gasteiger charge is -2.36. The van der Waals surface area contributed by atoms with Crippen molar-refractivity contribution in [3.05, 3.63) is 113 Å². The summed E-state index contributed by atoms with van der Waals surface area (Å²) in [6.45, 7) is 0. The Morgan fingerprint density at radius 1 is 0.732 bits per heavy atom. The number of nitrogens with zero attached hydrogens (tertiary/aromatic N) is 2. The Balaban J connectivity index is 1.44. The summed E-state index contributed by atoms with van der Waals surface area (Å²) in [5.74, 6) is -0.530. The summed E-state index contributed by atoms with van der Waals surface area (Å²) < 4.78 is 46.0. The molecule has 202 valence electrons. The minimum absolute atomic E-state index is 0.0178. The summed E-state index contributed by atoms with van der Waals surface area (Å²) >= 11 is 0. The maximum absolute atomic E-state index is 13.1. The predicted octanol–water partition coefficient (Wildman–Crippen LogP) is 6.48. The van der Waals surface area contributed by atoms with E-state index in [1.54, 1.807) is 48.5 Å². The van der Waals surface area contributed by atoms with Gasteiger partial charge in [0.1, 0.15) is 33.6 Å². The minimum atomic E-state index is -4.57. The first-order chi connectivity index (χ1) is 19.7. The van der Waals surface area contributed by atoms with Gasteiger partial charge in [-0.05, 0) is 41.8 Å². The van der Waals surface area contributed by atoms with Crippen LogP contribution in [0.4, 0.5) is 11.4 Å². The Hall–Kier alpha value is -5.26. The number of carbonyl (C=O) groups is 1. The zero-order valence-corrected chi connectivity index (χ0v) is 21.7. The van der Waals surface area contributed by atoms with Crippen molar-refractivity contribution < 1.29 is 37.5 Å². The van der Waals surface area contributed by atoms with E-state index in [2.05, 4.69) is 10.2 Å². The molecule has 0 aliphatic carbocycles. The molecule has 0 bridgehead atoms. The number of hydrogen-bond acceptors (Lipinski definition) is 9. The zero-order chi connectivity index (χ0) is 28.5. The number of azo groups is 1. The van der Waals surface area contributed by atoms with Crippen molar-refractivity contribution >= 4 is 38.2 Å². The van der Waals surface area contributed by atoms with Gasteiger partial charge in [0.25, 0.3) is 10.1 Å². The van der Waals surface area contributed by atoms with E-state index in [9.17, 15) is 28.0 Å². The molecule has 0 fully saturated rings. The molecule has 0 radical (unpaired) electrons. The lowest BCUT2D eigenvalue weighted by atomic mass is 9.77. The molecule has 2 aliphatic rings. The van der Waals surface area contributed by atoms with Gasteiger partial charge in [0.15, 0.2) is 5.60 Å². The summed E-state index contributed by atoms with van der Waals surface area (Å²) in [6.07, 6.45) is 0. The van der Waals surface area contributed by atoms with Crippen LogP contribution in [0.1, 0.15) is 27.0 Å². The molecule has 1 unspecified atom stereocenters. The number of aromatic hydroxyl groups is 2. The third-order valence-corrected chi connectivity index (χ3v) is 8.08. The van der Waals surface area contributed by atoms with Crippen molar-refractivity contribution in [1.29, 1.82) is 0 Å². The van der Waals surface area contributed by atoms with Crippen LogP contribution in [0.15, 0.2) is 106 Å². The predicted molar refractivity (Wildman–Crippen MR) is 146 cm³/mol. The molecule has 1 atom stereocenters. The highest BCUT2D eigenvalue weighted by Crippen LogP contribution is 2.58. The lowest BCUT2D eigenvalue weighted by molar-refractivity contribution is 0.0224. The second kappa shape index (κ2) is 8.62. The smallest absolute Gasteiger partial charge is 0.340 e. The SMILES string of the molecule is O=C1OC2(c3ccc(O)cc3Oc3cc(O)c(N=Nc4cccc5cccc(S(=O)(=O)O)c45)cc32)c2ccccc21. The van der Waals surface area contributed by atoms with Crippen molar-refractivity contribution in [2.24, 2.45) is 10.2 Å². The number of phenolic OH excluding ortho intramolecular Hbond substituents is 2. The van der Waals surface area contributed by atoms with Crippen LogP contribution in [-0.4, -0.2) is 29.2 Å². The molecular formula is C30H18N2O8S. The number of benzene rings is 5. The first-order valence-electron chi connectivity index (χ1n) is 12.3. The van der Waals surface area contributed by atoms with Gasteiger partial charge in [-0.15, -0.1) is 10.2 Å². The van der Waals surface area contributed by atoms with Crippen molar-refractivity contribution in [3.8, 4) is 23.0 Å². The van der Waals surface area contributed by atoms with E-state index < -0.39 is 21.7 Å². The van der Waals surface area contributed by atoms with E-state index in [1.807, 2.05) is 0 Å². The molecule has 11 heteroatoms. The lowest BCUT2D eigenvalue weighted by Crippen LogP contribution is -2.32. The van der Waals surface area contributed by atoms with Crippen molar-refractivity contribution in [2.75, 3.05) is 0 Å². The number of fused-ring (bicyclic) bond motifs is 7. The Bertz CT molecular complexity index is 2090. The van der Waals surface area contributed by atoms with Crippen LogP contribution in [0.25, 0.3) is 10.8 Å². The van der Waals surface area contributed by atoms with Crippen LogP contribution in [0.5, 0.6) is 23.0 Å². The molecule has 1 spiro atoms. The van der Waals surface area contributed by atoms with Crippen molar-refractivity contribution in [1.82, 2.24) is 0 Å². The summed E-state index contributed by atoms with van der Waals surface area (Å²) in [7, 11) is -4.57. The summed E-state index contributed by atoms with van der Waals surface area (Å²) in [5, 5.41) is 30.1. The quantitative estimate of drug-likeness (QED) is 0.127. The maximum Gasteiger partial charge on any atom is 0.340 e. The molecule has 5 aromatic rings. The van der Waals surface area contributed by atoms with Gasteiger partial charge < -0.3 is 19.7 Å². The molecule has 0 saturated heterocycles. The third-order valence-electron chi connectivity index (χ3n) is 7.18. The normalized spacial score (nSPS) is 17.2. The fourth-order valence-electron chi connectivity index (χ4n) is 5.46. The Morgan fingerprint density at radius 2 is 1.46 bits per heavy atom. The first kappa shape index (κ1) is 24.8. The molecule has 0 amide bonds. The van der Waals surface area contributed by atoms with Gasteiger partial charge in [-0.3, -0.25) is 4.55 Å². The second-order valence-electron chi connectivity index (χ2n) is 9.54. The largest absolute Gasteiger partial charge is 0.508 e. The van der Waals surface area contributed by atoms with Gasteiger partial charge in [-0.25, -0.2) is 4.79 Å². The summed E-state index contributed by atoms with van der Waals surface area (Å²) in [6, 6.07) is 23.4. The molecule has 0 aromatic heterocycles. The van der Waals surface area contributed by atoms with Gasteiger partial charge in [-0.1, -0.05) is 42.5 Å². The van der Waals surface area contributed by atoms with E-state index in [1.165, 1.54) is 42.5 Å². The van der Waals surface area contributed by atoms with Crippen molar-refractivity contribution in [2.45, 2.75) is 10.5 Å². The zero-order valence-electron chi connectivity index (χ0n) is 20.8. The molecule has 10 nitrogen and oxygen atoms in total. The molecule has 0 saturated carbocycles. The highest BCUT2D eigenvalue weighted by molar-refractivity contribution is 7.86. The number of rotatable bonds is 3. The standard InChI is InChI=1S/C30H18N2O8S/c33-17-11-12-20-25(13-17)39-26-15-24(34)23(14-21(26)30(20)19-8-2-1-7-18(19)29(35)40-30)32-31-22-9-3-5-16-6-4-10-27(28(16)22)41(36,37)38/h1-15,33-34H,(H,36,37,38). The molecule has 5 aromatic carbocycles. The van der Waals surface area contributed by atoms with Crippen LogP contribution in [-0.2, 0) is 20.5 Å². The van der Waals surface area contributed by atoms with Crippen LogP contribution in [0.2, 0.25) is 0 Å². The molecule has 2 heterocycles. The monoisotopic (exact) mass is 566 g/mol. The molecular weight excluding hydrogens is 548 g/mol. The molecule has 7 rings (SSSR count). The van der Waals surface area contributed by atoms with Gasteiger partial charge >= 0.3 is 5.97 Å². The number of ether oxygens (including phenoxy) is 2. The fraction of sp³-hybridized carbons (Fsp3) is 0.0333. The van der Waals surface area contributed by atoms with Crippen molar-refractivity contribution in [3.63, 3.8) is 0 Å². The summed E-state index contributed by atoms with van der Waals surface area (Å²) in [5.41, 5.74) is 0.359. The van der Waals surface area contributed by atoms with E-state index in [0.29, 0.717) is 27.6 Å². The molecule has 2 aliphatic heterocycles. The average molecular weight is 567 g/mol. The highest BCUT2D eigenvalue weighted by Gasteiger charge is 2.53. The number of esters is 1. The third kappa shape index (κ3) is 3.67. The minimum Gasteiger partial charge on any atom is -0.508 e. The van der Waals surface area contributed by atoms with E-state index in [-0.39, 0.29) is 44.7 Å². The number of hydrogen-bond donors (Lipinski definition) is 3. The Kier molecular flexibility index (Phi) is 5.20.